The third kappa shape index (κ3) is 1.69. The van der Waals surface area contributed by atoms with E-state index in [9.17, 15) is 0 Å². The Morgan fingerprint density at radius 3 is 2.90 bits per heavy atom. The zero-order valence-electron chi connectivity index (χ0n) is 5.97. The van der Waals surface area contributed by atoms with Crippen molar-refractivity contribution in [2.24, 2.45) is 7.05 Å². The summed E-state index contributed by atoms with van der Waals surface area (Å²) in [6.07, 6.45) is 0. The Bertz CT molecular complexity index is 202. The first-order valence-corrected chi connectivity index (χ1v) is 3.99. The number of nitrogens with zero attached hydrogens (tertiary/aromatic N) is 2. The number of hydrogen-bond donors (Lipinski definition) is 0. The topological polar surface area (TPSA) is 27.1 Å². The van der Waals surface area contributed by atoms with Gasteiger partial charge in [0.05, 0.1) is 16.0 Å². The molecule has 0 radical (unpaired) electrons. The van der Waals surface area contributed by atoms with Gasteiger partial charge in [-0.3, -0.25) is 4.68 Å². The highest BCUT2D eigenvalue weighted by Crippen LogP contribution is 2.05. The van der Waals surface area contributed by atoms with Crippen molar-refractivity contribution in [3.63, 3.8) is 0 Å². The molecule has 10 heavy (non-hydrogen) atoms. The van der Waals surface area contributed by atoms with Gasteiger partial charge in [-0.2, -0.15) is 5.10 Å². The smallest absolute Gasteiger partial charge is 0.0989 e. The predicted octanol–water partition coefficient (Wildman–Crippen LogP) is 1.17. The van der Waals surface area contributed by atoms with Crippen LogP contribution in [0.15, 0.2) is 6.07 Å². The molecule has 0 saturated carbocycles. The van der Waals surface area contributed by atoms with Gasteiger partial charge in [0.2, 0.25) is 0 Å². The summed E-state index contributed by atoms with van der Waals surface area (Å²) in [5, 5.41) is 4.18. The monoisotopic (exact) mass is 252 g/mol. The van der Waals surface area contributed by atoms with Crippen LogP contribution in [0.4, 0.5) is 0 Å². The number of hydrogen-bond acceptors (Lipinski definition) is 2. The SMILES string of the molecule is COCc1cc(I)n(C)n1. The lowest BCUT2D eigenvalue weighted by Gasteiger charge is -1.90. The van der Waals surface area contributed by atoms with Crippen molar-refractivity contribution >= 4 is 22.6 Å². The minimum atomic E-state index is 0.594. The second-order valence-electron chi connectivity index (χ2n) is 2.02. The van der Waals surface area contributed by atoms with Crippen LogP contribution in [0, 0.1) is 3.70 Å². The van der Waals surface area contributed by atoms with Crippen LogP contribution in [0.25, 0.3) is 0 Å². The van der Waals surface area contributed by atoms with E-state index in [-0.39, 0.29) is 0 Å². The van der Waals surface area contributed by atoms with Crippen LogP contribution in [-0.2, 0) is 18.4 Å². The van der Waals surface area contributed by atoms with Gasteiger partial charge in [-0.15, -0.1) is 0 Å². The van der Waals surface area contributed by atoms with Crippen LogP contribution in [0.1, 0.15) is 5.69 Å². The summed E-state index contributed by atoms with van der Waals surface area (Å²) in [6.45, 7) is 0.594. The fourth-order valence-electron chi connectivity index (χ4n) is 0.719. The Hall–Kier alpha value is -0.100. The second-order valence-corrected chi connectivity index (χ2v) is 3.12. The Morgan fingerprint density at radius 1 is 1.80 bits per heavy atom. The zero-order chi connectivity index (χ0) is 7.56. The average molecular weight is 252 g/mol. The molecule has 0 amide bonds. The van der Waals surface area contributed by atoms with Gasteiger partial charge >= 0.3 is 0 Å². The van der Waals surface area contributed by atoms with E-state index in [0.29, 0.717) is 6.61 Å². The molecule has 0 aromatic carbocycles. The van der Waals surface area contributed by atoms with E-state index in [2.05, 4.69) is 27.7 Å². The summed E-state index contributed by atoms with van der Waals surface area (Å²) < 4.78 is 7.87. The van der Waals surface area contributed by atoms with Gasteiger partial charge in [-0.1, -0.05) is 0 Å². The van der Waals surface area contributed by atoms with E-state index >= 15 is 0 Å². The zero-order valence-corrected chi connectivity index (χ0v) is 8.12. The number of methoxy groups -OCH3 is 1. The Morgan fingerprint density at radius 2 is 2.50 bits per heavy atom. The summed E-state index contributed by atoms with van der Waals surface area (Å²) in [5.74, 6) is 0. The van der Waals surface area contributed by atoms with E-state index in [0.717, 1.165) is 9.39 Å². The molecule has 0 bridgehead atoms. The van der Waals surface area contributed by atoms with Gasteiger partial charge in [0.25, 0.3) is 0 Å². The molecular formula is C6H9IN2O. The number of aromatic nitrogens is 2. The summed E-state index contributed by atoms with van der Waals surface area (Å²) in [5.41, 5.74) is 0.981. The second kappa shape index (κ2) is 3.34. The summed E-state index contributed by atoms with van der Waals surface area (Å²) in [4.78, 5) is 0. The van der Waals surface area contributed by atoms with Crippen LogP contribution in [0.5, 0.6) is 0 Å². The van der Waals surface area contributed by atoms with Gasteiger partial charge in [-0.05, 0) is 28.7 Å². The lowest BCUT2D eigenvalue weighted by Crippen LogP contribution is -1.94. The first-order chi connectivity index (χ1) is 4.74. The highest BCUT2D eigenvalue weighted by molar-refractivity contribution is 14.1. The molecule has 1 aromatic heterocycles. The van der Waals surface area contributed by atoms with Crippen LogP contribution in [0.3, 0.4) is 0 Å². The maximum atomic E-state index is 4.92. The first-order valence-electron chi connectivity index (χ1n) is 2.91. The molecule has 0 aliphatic rings. The molecule has 0 spiro atoms. The Kier molecular flexibility index (Phi) is 2.67. The number of ether oxygens (including phenoxy) is 1. The molecule has 0 N–H and O–H groups in total. The standard InChI is InChI=1S/C6H9IN2O/c1-9-6(7)3-5(8-9)4-10-2/h3H,4H2,1-2H3. The Balaban J connectivity index is 2.77. The van der Waals surface area contributed by atoms with E-state index in [1.165, 1.54) is 0 Å². The van der Waals surface area contributed by atoms with Gasteiger partial charge in [0, 0.05) is 14.2 Å². The minimum Gasteiger partial charge on any atom is -0.378 e. The van der Waals surface area contributed by atoms with E-state index in [1.54, 1.807) is 7.11 Å². The molecule has 0 unspecified atom stereocenters. The molecule has 0 aliphatic heterocycles. The molecule has 3 nitrogen and oxygen atoms in total. The maximum Gasteiger partial charge on any atom is 0.0989 e. The molecular weight excluding hydrogens is 243 g/mol. The quantitative estimate of drug-likeness (QED) is 0.739. The molecule has 0 atom stereocenters. The lowest BCUT2D eigenvalue weighted by molar-refractivity contribution is 0.181. The number of halogens is 1. The maximum absolute atomic E-state index is 4.92. The highest BCUT2D eigenvalue weighted by Gasteiger charge is 1.99. The summed E-state index contributed by atoms with van der Waals surface area (Å²) >= 11 is 2.23. The first kappa shape index (κ1) is 8.00. The molecule has 0 saturated heterocycles. The number of rotatable bonds is 2. The predicted molar refractivity (Wildman–Crippen MR) is 46.6 cm³/mol. The fraction of sp³-hybridized carbons (Fsp3) is 0.500. The molecule has 4 heteroatoms. The third-order valence-electron chi connectivity index (χ3n) is 1.17. The van der Waals surface area contributed by atoms with Crippen molar-refractivity contribution < 1.29 is 4.74 Å². The van der Waals surface area contributed by atoms with Crippen molar-refractivity contribution in [3.05, 3.63) is 15.5 Å². The average Bonchev–Trinajstić information content (AvgIpc) is 2.14. The minimum absolute atomic E-state index is 0.594. The molecule has 0 fully saturated rings. The van der Waals surface area contributed by atoms with E-state index in [4.69, 9.17) is 4.74 Å². The van der Waals surface area contributed by atoms with Gasteiger partial charge in [0.15, 0.2) is 0 Å². The van der Waals surface area contributed by atoms with Crippen LogP contribution in [0.2, 0.25) is 0 Å². The molecule has 1 heterocycles. The van der Waals surface area contributed by atoms with Crippen molar-refractivity contribution in [2.75, 3.05) is 7.11 Å². The summed E-state index contributed by atoms with van der Waals surface area (Å²) in [7, 11) is 3.59. The van der Waals surface area contributed by atoms with Crippen LogP contribution < -0.4 is 0 Å². The highest BCUT2D eigenvalue weighted by atomic mass is 127. The number of aryl methyl sites for hydroxylation is 1. The molecule has 56 valence electrons. The summed E-state index contributed by atoms with van der Waals surface area (Å²) in [6, 6.07) is 2.00. The molecule has 0 aliphatic carbocycles. The van der Waals surface area contributed by atoms with Crippen molar-refractivity contribution in [2.45, 2.75) is 6.61 Å². The molecule has 1 rings (SSSR count). The van der Waals surface area contributed by atoms with Crippen molar-refractivity contribution in [1.29, 1.82) is 0 Å². The van der Waals surface area contributed by atoms with Crippen LogP contribution in [-0.4, -0.2) is 16.9 Å². The van der Waals surface area contributed by atoms with Crippen LogP contribution >= 0.6 is 22.6 Å². The van der Waals surface area contributed by atoms with Gasteiger partial charge < -0.3 is 4.74 Å². The van der Waals surface area contributed by atoms with E-state index < -0.39 is 0 Å². The fourth-order valence-corrected chi connectivity index (χ4v) is 1.19. The normalized spacial score (nSPS) is 10.3. The van der Waals surface area contributed by atoms with Crippen molar-refractivity contribution in [3.8, 4) is 0 Å². The van der Waals surface area contributed by atoms with Crippen molar-refractivity contribution in [1.82, 2.24) is 9.78 Å². The lowest BCUT2D eigenvalue weighted by atomic mass is 10.5. The van der Waals surface area contributed by atoms with Gasteiger partial charge in [-0.25, -0.2) is 0 Å². The Labute approximate surface area is 73.5 Å². The molecule has 1 aromatic rings. The largest absolute Gasteiger partial charge is 0.378 e. The van der Waals surface area contributed by atoms with Gasteiger partial charge in [0.1, 0.15) is 0 Å². The third-order valence-corrected chi connectivity index (χ3v) is 2.18. The van der Waals surface area contributed by atoms with E-state index in [1.807, 2.05) is 17.8 Å².